The summed E-state index contributed by atoms with van der Waals surface area (Å²) in [5, 5.41) is 50.3. The van der Waals surface area contributed by atoms with E-state index in [9.17, 15) is 34.8 Å². The van der Waals surface area contributed by atoms with Crippen molar-refractivity contribution in [3.63, 3.8) is 0 Å². The second-order valence-electron chi connectivity index (χ2n) is 18.5. The van der Waals surface area contributed by atoms with Crippen LogP contribution >= 0.6 is 0 Å². The molecular formula is C46H56O14. The Morgan fingerprint density at radius 1 is 0.867 bits per heavy atom. The number of hydrogen-bond acceptors (Lipinski definition) is 14. The molecule has 5 unspecified atom stereocenters. The average Bonchev–Trinajstić information content (AvgIpc) is 3.86. The highest BCUT2D eigenvalue weighted by Gasteiger charge is 2.91. The van der Waals surface area contributed by atoms with Crippen LogP contribution in [0.1, 0.15) is 93.4 Å². The van der Waals surface area contributed by atoms with Crippen molar-refractivity contribution in [2.24, 2.45) is 35.5 Å². The smallest absolute Gasteiger partial charge is 0.338 e. The summed E-state index contributed by atoms with van der Waals surface area (Å²) < 4.78 is 45.6. The Morgan fingerprint density at radius 2 is 1.55 bits per heavy atom. The third kappa shape index (κ3) is 5.85. The van der Waals surface area contributed by atoms with Gasteiger partial charge in [0.05, 0.1) is 29.9 Å². The Morgan fingerprint density at radius 3 is 2.22 bits per heavy atom. The number of rotatable bonds is 8. The summed E-state index contributed by atoms with van der Waals surface area (Å²) in [5.41, 5.74) is -6.03. The summed E-state index contributed by atoms with van der Waals surface area (Å²) in [4.78, 5) is 39.6. The summed E-state index contributed by atoms with van der Waals surface area (Å²) in [6.07, 6.45) is -2.03. The van der Waals surface area contributed by atoms with Crippen molar-refractivity contribution in [1.29, 1.82) is 0 Å². The lowest BCUT2D eigenvalue weighted by molar-refractivity contribution is -0.459. The molecule has 324 valence electrons. The second kappa shape index (κ2) is 14.7. The van der Waals surface area contributed by atoms with Gasteiger partial charge in [0.25, 0.3) is 0 Å². The van der Waals surface area contributed by atoms with Gasteiger partial charge in [-0.25, -0.2) is 9.59 Å². The Kier molecular flexibility index (Phi) is 10.2. The molecule has 7 aliphatic rings. The first kappa shape index (κ1) is 41.6. The van der Waals surface area contributed by atoms with Gasteiger partial charge in [0.1, 0.15) is 53.1 Å². The van der Waals surface area contributed by atoms with E-state index in [1.165, 1.54) is 31.2 Å². The molecule has 4 aliphatic heterocycles. The van der Waals surface area contributed by atoms with Gasteiger partial charge in [-0.3, -0.25) is 4.79 Å². The topological polar surface area (TPSA) is 200 Å². The molecule has 14 nitrogen and oxygen atoms in total. The van der Waals surface area contributed by atoms with E-state index in [0.717, 1.165) is 25.7 Å². The van der Waals surface area contributed by atoms with E-state index in [2.05, 4.69) is 13.5 Å². The normalized spacial score (nSPS) is 44.8. The van der Waals surface area contributed by atoms with E-state index in [1.807, 2.05) is 13.8 Å². The molecule has 16 atom stereocenters. The number of hydrogen-bond donors (Lipinski definition) is 4. The second-order valence-corrected chi connectivity index (χ2v) is 18.5. The minimum atomic E-state index is -2.36. The number of aliphatic hydroxyl groups excluding tert-OH is 3. The van der Waals surface area contributed by atoms with Crippen LogP contribution in [-0.4, -0.2) is 110 Å². The van der Waals surface area contributed by atoms with Crippen molar-refractivity contribution in [2.45, 2.75) is 132 Å². The molecule has 14 heteroatoms. The van der Waals surface area contributed by atoms with Crippen molar-refractivity contribution >= 4 is 17.9 Å². The largest absolute Gasteiger partial charge is 0.462 e. The van der Waals surface area contributed by atoms with Gasteiger partial charge in [0, 0.05) is 24.7 Å². The molecule has 4 saturated heterocycles. The molecule has 2 spiro atoms. The highest BCUT2D eigenvalue weighted by molar-refractivity contribution is 5.90. The van der Waals surface area contributed by atoms with Crippen molar-refractivity contribution in [1.82, 2.24) is 0 Å². The van der Waals surface area contributed by atoms with Crippen LogP contribution in [-0.2, 0) is 33.2 Å². The van der Waals surface area contributed by atoms with Crippen LogP contribution in [0.4, 0.5) is 0 Å². The SMILES string of the molecule is C=C(C)[C@@]12CC(COC(=O)c3ccccc3)[C@@]34OC5(O[C@H]1[C@@H]3[C@@H]1O[C@]1(CO)[C@@H](O)[C@@]1(O)C4C([C@H](C)CCCCCCC5O)[C@H](C)[C@@H]1OC(=O)c1ccc(OC(C)=O)cc1)O2. The molecule has 2 aromatic rings. The number of esters is 3. The summed E-state index contributed by atoms with van der Waals surface area (Å²) in [6, 6.07) is 14.4. The molecule has 9 rings (SSSR count). The number of aliphatic hydroxyl groups is 4. The van der Waals surface area contributed by atoms with Gasteiger partial charge in [-0.15, -0.1) is 0 Å². The molecule has 4 N–H and O–H groups in total. The van der Waals surface area contributed by atoms with Gasteiger partial charge >= 0.3 is 23.9 Å². The number of ether oxygens (including phenoxy) is 7. The fourth-order valence-electron chi connectivity index (χ4n) is 12.7. The van der Waals surface area contributed by atoms with E-state index < -0.39 is 113 Å². The van der Waals surface area contributed by atoms with Gasteiger partial charge in [0.2, 0.25) is 0 Å². The molecule has 0 radical (unpaired) electrons. The first-order valence-electron chi connectivity index (χ1n) is 21.4. The maximum absolute atomic E-state index is 14.2. The molecule has 4 heterocycles. The number of carbonyl (C=O) groups is 3. The quantitative estimate of drug-likeness (QED) is 0.127. The third-order valence-electron chi connectivity index (χ3n) is 15.3. The summed E-state index contributed by atoms with van der Waals surface area (Å²) in [6.45, 7) is 10.5. The maximum Gasteiger partial charge on any atom is 0.338 e. The van der Waals surface area contributed by atoms with Crippen LogP contribution in [0, 0.1) is 35.5 Å². The van der Waals surface area contributed by atoms with Crippen molar-refractivity contribution in [3.8, 4) is 5.75 Å². The minimum Gasteiger partial charge on any atom is -0.462 e. The van der Waals surface area contributed by atoms with Crippen LogP contribution < -0.4 is 4.74 Å². The van der Waals surface area contributed by atoms with E-state index in [0.29, 0.717) is 17.6 Å². The fraction of sp³-hybridized carbons (Fsp3) is 0.630. The molecule has 3 bridgehead atoms. The van der Waals surface area contributed by atoms with Crippen molar-refractivity contribution in [2.75, 3.05) is 13.2 Å². The molecule has 0 aromatic heterocycles. The minimum absolute atomic E-state index is 0.110. The summed E-state index contributed by atoms with van der Waals surface area (Å²) in [7, 11) is 0. The zero-order chi connectivity index (χ0) is 42.6. The molecular weight excluding hydrogens is 776 g/mol. The van der Waals surface area contributed by atoms with Gasteiger partial charge < -0.3 is 53.6 Å². The zero-order valence-electron chi connectivity index (χ0n) is 34.5. The first-order chi connectivity index (χ1) is 28.6. The lowest BCUT2D eigenvalue weighted by atomic mass is 9.51. The highest BCUT2D eigenvalue weighted by atomic mass is 16.9. The van der Waals surface area contributed by atoms with E-state index >= 15 is 0 Å². The van der Waals surface area contributed by atoms with Gasteiger partial charge in [-0.05, 0) is 79.5 Å². The van der Waals surface area contributed by atoms with Crippen molar-refractivity contribution < 1.29 is 68.0 Å². The Bertz CT molecular complexity index is 2030. The predicted octanol–water partition coefficient (Wildman–Crippen LogP) is 4.25. The van der Waals surface area contributed by atoms with Gasteiger partial charge in [-0.1, -0.05) is 70.7 Å². The predicted molar refractivity (Wildman–Crippen MR) is 210 cm³/mol. The van der Waals surface area contributed by atoms with E-state index in [4.69, 9.17) is 33.2 Å². The van der Waals surface area contributed by atoms with E-state index in [-0.39, 0.29) is 36.7 Å². The number of carbonyl (C=O) groups excluding carboxylic acids is 3. The number of benzene rings is 2. The zero-order valence-corrected chi connectivity index (χ0v) is 34.5. The molecule has 2 aromatic carbocycles. The molecule has 0 amide bonds. The van der Waals surface area contributed by atoms with Gasteiger partial charge in [-0.2, -0.15) is 0 Å². The standard InChI is InChI=1S/C46H56O14/c1-24(2)42-21-30(22-54-39(50)28-14-10-8-11-15-28)45-34-37(42)58-46(59-42,60-45)32(49)16-12-7-6-9-13-25(3)33-26(4)36(44(53,35(33)45)41(52)43(23-47)38(34)57-43)56-40(51)29-17-19-31(20-18-29)55-27(5)48/h8,10-11,14-15,17-20,25-26,30,32-38,41,47,49,52-53H,1,6-7,9,12-13,16,21-23H2,2-5H3/t25-,26+,30?,32?,33?,34-,35?,36+,37+,38+,41-,42+,43+,44-,45-,46?/m1/s1. The maximum atomic E-state index is 14.2. The van der Waals surface area contributed by atoms with Crippen molar-refractivity contribution in [3.05, 3.63) is 77.9 Å². The molecule has 3 saturated carbocycles. The van der Waals surface area contributed by atoms with Crippen LogP contribution in [0.5, 0.6) is 5.75 Å². The fourth-order valence-corrected chi connectivity index (χ4v) is 12.7. The van der Waals surface area contributed by atoms with Crippen LogP contribution in [0.2, 0.25) is 0 Å². The third-order valence-corrected chi connectivity index (χ3v) is 15.3. The van der Waals surface area contributed by atoms with Crippen LogP contribution in [0.3, 0.4) is 0 Å². The molecule has 7 fully saturated rings. The summed E-state index contributed by atoms with van der Waals surface area (Å²) >= 11 is 0. The highest BCUT2D eigenvalue weighted by Crippen LogP contribution is 2.75. The lowest BCUT2D eigenvalue weighted by Gasteiger charge is -2.62. The Hall–Kier alpha value is -3.73. The average molecular weight is 833 g/mol. The van der Waals surface area contributed by atoms with Gasteiger partial charge in [0.15, 0.2) is 0 Å². The van der Waals surface area contributed by atoms with Crippen LogP contribution in [0.15, 0.2) is 66.7 Å². The monoisotopic (exact) mass is 832 g/mol. The first-order valence-corrected chi connectivity index (χ1v) is 21.4. The number of fused-ring (bicyclic) bond motifs is 1. The Labute approximate surface area is 349 Å². The molecule has 3 aliphatic carbocycles. The summed E-state index contributed by atoms with van der Waals surface area (Å²) in [5.74, 6) is -7.75. The number of epoxide rings is 1. The Balaban J connectivity index is 1.24. The van der Waals surface area contributed by atoms with E-state index in [1.54, 1.807) is 30.3 Å². The lowest BCUT2D eigenvalue weighted by Crippen LogP contribution is -2.75. The molecule has 60 heavy (non-hydrogen) atoms. The van der Waals surface area contributed by atoms with Crippen LogP contribution in [0.25, 0.3) is 0 Å².